The van der Waals surface area contributed by atoms with Crippen molar-refractivity contribution < 1.29 is 8.78 Å². The molecule has 116 valence electrons. The first-order valence-electron chi connectivity index (χ1n) is 7.52. The molecular weight excluding hydrogens is 282 g/mol. The molecule has 0 N–H and O–H groups in total. The minimum Gasteiger partial charge on any atom is -0.352 e. The van der Waals surface area contributed by atoms with Crippen LogP contribution in [-0.4, -0.2) is 13.2 Å². The molecule has 1 heterocycles. The van der Waals surface area contributed by atoms with Gasteiger partial charge in [-0.05, 0) is 39.0 Å². The highest BCUT2D eigenvalue weighted by Crippen LogP contribution is 2.43. The van der Waals surface area contributed by atoms with Crippen LogP contribution in [0.2, 0.25) is 0 Å². The van der Waals surface area contributed by atoms with Gasteiger partial charge in [0, 0.05) is 18.2 Å². The Labute approximate surface area is 130 Å². The normalized spacial score (nSPS) is 14.4. The van der Waals surface area contributed by atoms with E-state index in [1.54, 1.807) is 6.07 Å². The molecule has 0 atom stereocenters. The lowest BCUT2D eigenvalue weighted by atomic mass is 9.91. The van der Waals surface area contributed by atoms with Gasteiger partial charge in [-0.1, -0.05) is 18.2 Å². The Balaban J connectivity index is 2.06. The van der Waals surface area contributed by atoms with Crippen molar-refractivity contribution in [2.45, 2.75) is 26.3 Å². The lowest BCUT2D eigenvalue weighted by molar-refractivity contribution is 0.454. The van der Waals surface area contributed by atoms with Crippen molar-refractivity contribution in [1.82, 2.24) is 0 Å². The van der Waals surface area contributed by atoms with Gasteiger partial charge in [-0.15, -0.1) is 0 Å². The molecule has 1 aliphatic rings. The van der Waals surface area contributed by atoms with E-state index in [2.05, 4.69) is 22.8 Å². The van der Waals surface area contributed by atoms with E-state index < -0.39 is 17.2 Å². The molecule has 3 rings (SSSR count). The second kappa shape index (κ2) is 5.27. The summed E-state index contributed by atoms with van der Waals surface area (Å²) in [7, 11) is 0. The van der Waals surface area contributed by atoms with E-state index in [9.17, 15) is 8.78 Å². The van der Waals surface area contributed by atoms with Crippen LogP contribution >= 0.6 is 0 Å². The van der Waals surface area contributed by atoms with E-state index in [4.69, 9.17) is 0 Å². The average molecular weight is 302 g/mol. The van der Waals surface area contributed by atoms with Crippen LogP contribution in [0, 0.1) is 11.6 Å². The van der Waals surface area contributed by atoms with Crippen LogP contribution in [0.3, 0.4) is 0 Å². The number of fused-ring (bicyclic) bond motifs is 1. The molecule has 2 aromatic carbocycles. The van der Waals surface area contributed by atoms with E-state index in [1.807, 2.05) is 32.0 Å². The first-order chi connectivity index (χ1) is 10.4. The number of halogens is 2. The van der Waals surface area contributed by atoms with Gasteiger partial charge in [0.05, 0.1) is 23.6 Å². The standard InChI is InChI=1S/C18H20F2N2/c1-4-21-12-22(17-8-6-5-7-16(17)21)18(2,3)14-10-9-13(19)11-15(14)20/h5-11H,4,12H2,1-3H3. The second-order valence-corrected chi connectivity index (χ2v) is 6.10. The first kappa shape index (κ1) is 14.8. The average Bonchev–Trinajstić information content (AvgIpc) is 2.86. The largest absolute Gasteiger partial charge is 0.352 e. The smallest absolute Gasteiger partial charge is 0.131 e. The number of rotatable bonds is 3. The molecule has 0 aromatic heterocycles. The number of anilines is 2. The molecule has 0 bridgehead atoms. The molecule has 0 fully saturated rings. The third kappa shape index (κ3) is 2.23. The van der Waals surface area contributed by atoms with Crippen molar-refractivity contribution in [2.24, 2.45) is 0 Å². The van der Waals surface area contributed by atoms with Crippen molar-refractivity contribution in [1.29, 1.82) is 0 Å². The van der Waals surface area contributed by atoms with Crippen LogP contribution in [0.1, 0.15) is 26.3 Å². The van der Waals surface area contributed by atoms with Crippen LogP contribution in [0.4, 0.5) is 20.2 Å². The summed E-state index contributed by atoms with van der Waals surface area (Å²) in [6, 6.07) is 11.9. The zero-order valence-electron chi connectivity index (χ0n) is 13.1. The Morgan fingerprint density at radius 3 is 2.36 bits per heavy atom. The predicted octanol–water partition coefficient (Wildman–Crippen LogP) is 4.50. The molecule has 4 heteroatoms. The highest BCUT2D eigenvalue weighted by molar-refractivity contribution is 5.77. The number of hydrogen-bond acceptors (Lipinski definition) is 2. The minimum absolute atomic E-state index is 0.502. The van der Waals surface area contributed by atoms with Gasteiger partial charge in [0.1, 0.15) is 11.6 Å². The van der Waals surface area contributed by atoms with Crippen LogP contribution in [0.5, 0.6) is 0 Å². The third-order valence-corrected chi connectivity index (χ3v) is 4.47. The van der Waals surface area contributed by atoms with Crippen molar-refractivity contribution in [3.8, 4) is 0 Å². The Morgan fingerprint density at radius 1 is 1.05 bits per heavy atom. The summed E-state index contributed by atoms with van der Waals surface area (Å²) in [6.07, 6.45) is 0. The number of hydrogen-bond donors (Lipinski definition) is 0. The summed E-state index contributed by atoms with van der Waals surface area (Å²) in [5.74, 6) is -1.05. The van der Waals surface area contributed by atoms with Crippen LogP contribution < -0.4 is 9.80 Å². The molecule has 2 aromatic rings. The lowest BCUT2D eigenvalue weighted by Gasteiger charge is -2.38. The zero-order valence-corrected chi connectivity index (χ0v) is 13.1. The van der Waals surface area contributed by atoms with Gasteiger partial charge in [-0.25, -0.2) is 8.78 Å². The molecular formula is C18H20F2N2. The van der Waals surface area contributed by atoms with Crippen LogP contribution in [0.25, 0.3) is 0 Å². The van der Waals surface area contributed by atoms with Gasteiger partial charge < -0.3 is 9.80 Å². The summed E-state index contributed by atoms with van der Waals surface area (Å²) in [6.45, 7) is 7.62. The van der Waals surface area contributed by atoms with Crippen LogP contribution in [-0.2, 0) is 5.54 Å². The van der Waals surface area contributed by atoms with Crippen LogP contribution in [0.15, 0.2) is 42.5 Å². The maximum atomic E-state index is 14.3. The SMILES string of the molecule is CCN1CN(C(C)(C)c2ccc(F)cc2F)c2ccccc21. The quantitative estimate of drug-likeness (QED) is 0.823. The van der Waals surface area contributed by atoms with Gasteiger partial charge in [0.15, 0.2) is 0 Å². The molecule has 0 radical (unpaired) electrons. The maximum absolute atomic E-state index is 14.3. The number of para-hydroxylation sites is 2. The third-order valence-electron chi connectivity index (χ3n) is 4.47. The van der Waals surface area contributed by atoms with Crippen molar-refractivity contribution in [2.75, 3.05) is 23.0 Å². The first-order valence-corrected chi connectivity index (χ1v) is 7.52. The van der Waals surface area contributed by atoms with Gasteiger partial charge >= 0.3 is 0 Å². The summed E-state index contributed by atoms with van der Waals surface area (Å²) in [5, 5.41) is 0. The topological polar surface area (TPSA) is 6.48 Å². The molecule has 0 spiro atoms. The fourth-order valence-electron chi connectivity index (χ4n) is 3.16. The lowest BCUT2D eigenvalue weighted by Crippen LogP contribution is -2.44. The number of nitrogens with zero attached hydrogens (tertiary/aromatic N) is 2. The molecule has 0 saturated carbocycles. The molecule has 0 saturated heterocycles. The zero-order chi connectivity index (χ0) is 15.9. The second-order valence-electron chi connectivity index (χ2n) is 6.10. The van der Waals surface area contributed by atoms with Gasteiger partial charge in [-0.3, -0.25) is 0 Å². The minimum atomic E-state index is -0.572. The Kier molecular flexibility index (Phi) is 3.55. The monoisotopic (exact) mass is 302 g/mol. The van der Waals surface area contributed by atoms with Gasteiger partial charge in [0.25, 0.3) is 0 Å². The highest BCUT2D eigenvalue weighted by Gasteiger charge is 2.37. The van der Waals surface area contributed by atoms with E-state index >= 15 is 0 Å². The van der Waals surface area contributed by atoms with E-state index in [1.165, 1.54) is 6.07 Å². The number of benzene rings is 2. The van der Waals surface area contributed by atoms with E-state index in [-0.39, 0.29) is 0 Å². The predicted molar refractivity (Wildman–Crippen MR) is 86.2 cm³/mol. The molecule has 1 aliphatic heterocycles. The Hall–Kier alpha value is -2.10. The van der Waals surface area contributed by atoms with Gasteiger partial charge in [0.2, 0.25) is 0 Å². The Morgan fingerprint density at radius 2 is 1.73 bits per heavy atom. The summed E-state index contributed by atoms with van der Waals surface area (Å²) >= 11 is 0. The van der Waals surface area contributed by atoms with E-state index in [0.29, 0.717) is 12.2 Å². The summed E-state index contributed by atoms with van der Waals surface area (Å²) in [4.78, 5) is 4.42. The maximum Gasteiger partial charge on any atom is 0.131 e. The fraction of sp³-hybridized carbons (Fsp3) is 0.333. The molecule has 22 heavy (non-hydrogen) atoms. The Bertz CT molecular complexity index is 697. The fourth-order valence-corrected chi connectivity index (χ4v) is 3.16. The summed E-state index contributed by atoms with van der Waals surface area (Å²) < 4.78 is 27.5. The van der Waals surface area contributed by atoms with Crippen molar-refractivity contribution >= 4 is 11.4 Å². The van der Waals surface area contributed by atoms with Crippen molar-refractivity contribution in [3.63, 3.8) is 0 Å². The van der Waals surface area contributed by atoms with Gasteiger partial charge in [-0.2, -0.15) is 0 Å². The molecule has 0 aliphatic carbocycles. The van der Waals surface area contributed by atoms with Crippen molar-refractivity contribution in [3.05, 3.63) is 59.7 Å². The highest BCUT2D eigenvalue weighted by atomic mass is 19.1. The summed E-state index contributed by atoms with van der Waals surface area (Å²) in [5.41, 5.74) is 2.16. The molecule has 0 amide bonds. The van der Waals surface area contributed by atoms with E-state index in [0.717, 1.165) is 24.0 Å². The molecule has 0 unspecified atom stereocenters. The molecule has 2 nitrogen and oxygen atoms in total.